The Balaban J connectivity index is 1.91. The van der Waals surface area contributed by atoms with E-state index >= 15 is 0 Å². The Bertz CT molecular complexity index is 1020. The summed E-state index contributed by atoms with van der Waals surface area (Å²) in [4.78, 5) is 29.7. The molecule has 0 bridgehead atoms. The van der Waals surface area contributed by atoms with Crippen LogP contribution in [0.15, 0.2) is 52.4 Å². The number of hydrogen-bond acceptors (Lipinski definition) is 7. The molecule has 1 amide bonds. The highest BCUT2D eigenvalue weighted by atomic mass is 32.2. The molecule has 2 aromatic carbocycles. The van der Waals surface area contributed by atoms with Gasteiger partial charge in [-0.1, -0.05) is 19.1 Å². The number of ether oxygens (including phenoxy) is 1. The third kappa shape index (κ3) is 4.80. The van der Waals surface area contributed by atoms with E-state index in [4.69, 9.17) is 4.74 Å². The molecule has 0 aromatic heterocycles. The van der Waals surface area contributed by atoms with Gasteiger partial charge in [-0.25, -0.2) is 4.99 Å². The fourth-order valence-electron chi connectivity index (χ4n) is 2.82. The van der Waals surface area contributed by atoms with Gasteiger partial charge in [-0.3, -0.25) is 19.8 Å². The maximum Gasteiger partial charge on any atom is 0.266 e. The molecule has 0 radical (unpaired) electrons. The molecule has 2 aromatic rings. The van der Waals surface area contributed by atoms with Crippen LogP contribution < -0.4 is 9.84 Å². The van der Waals surface area contributed by atoms with Crippen molar-refractivity contribution in [3.8, 4) is 11.5 Å². The molecular formula is C21H20N3O5S-. The molecule has 0 N–H and O–H groups in total. The molecule has 3 rings (SSSR count). The van der Waals surface area contributed by atoms with E-state index in [0.29, 0.717) is 34.5 Å². The summed E-state index contributed by atoms with van der Waals surface area (Å²) < 4.78 is 5.43. The number of rotatable bonds is 7. The van der Waals surface area contributed by atoms with E-state index in [9.17, 15) is 20.0 Å². The molecule has 0 aliphatic carbocycles. The Labute approximate surface area is 178 Å². The minimum Gasteiger partial charge on any atom is -0.868 e. The van der Waals surface area contributed by atoms with Crippen LogP contribution in [0.5, 0.6) is 11.5 Å². The molecule has 1 heterocycles. The number of carbonyl (C=O) groups excluding carboxylic acids is 1. The van der Waals surface area contributed by atoms with Gasteiger partial charge in [0.1, 0.15) is 5.75 Å². The number of nitrogens with zero attached hydrogens (tertiary/aromatic N) is 3. The van der Waals surface area contributed by atoms with Crippen LogP contribution in [0.4, 0.5) is 11.4 Å². The van der Waals surface area contributed by atoms with Crippen molar-refractivity contribution in [2.45, 2.75) is 20.3 Å². The van der Waals surface area contributed by atoms with E-state index in [1.807, 2.05) is 38.1 Å². The van der Waals surface area contributed by atoms with Gasteiger partial charge in [-0.05, 0) is 66.8 Å². The number of aliphatic imine (C=N–C) groups is 1. The third-order valence-corrected chi connectivity index (χ3v) is 5.19. The van der Waals surface area contributed by atoms with Gasteiger partial charge in [-0.15, -0.1) is 0 Å². The molecular weight excluding hydrogens is 406 g/mol. The molecule has 1 aliphatic rings. The van der Waals surface area contributed by atoms with E-state index in [-0.39, 0.29) is 5.91 Å². The fraction of sp³-hybridized carbons (Fsp3) is 0.238. The van der Waals surface area contributed by atoms with Crippen LogP contribution in [0.1, 0.15) is 25.8 Å². The standard InChI is InChI=1S/C21H21N3O5S/c1-3-11-23-20(26)19(13-14-5-10-18(25)17(12-14)24(27)28)30-21(23)22-15-6-8-16(9-7-15)29-4-2/h5-10,12-13,25H,3-4,11H2,1-2H3/p-1/b19-13-,22-21?. The highest BCUT2D eigenvalue weighted by Crippen LogP contribution is 2.35. The van der Waals surface area contributed by atoms with E-state index in [2.05, 4.69) is 4.99 Å². The zero-order chi connectivity index (χ0) is 21.7. The average molecular weight is 426 g/mol. The number of thioether (sulfide) groups is 1. The van der Waals surface area contributed by atoms with Crippen LogP contribution in [0.25, 0.3) is 6.08 Å². The summed E-state index contributed by atoms with van der Waals surface area (Å²) in [7, 11) is 0. The molecule has 0 unspecified atom stereocenters. The van der Waals surface area contributed by atoms with Crippen molar-refractivity contribution in [1.29, 1.82) is 0 Å². The van der Waals surface area contributed by atoms with Gasteiger partial charge >= 0.3 is 0 Å². The van der Waals surface area contributed by atoms with Gasteiger partial charge in [0.05, 0.1) is 22.1 Å². The molecule has 1 aliphatic heterocycles. The number of nitro benzene ring substituents is 1. The monoisotopic (exact) mass is 426 g/mol. The SMILES string of the molecule is CCCN1C(=O)/C(=C/c2ccc([O-])c([N+](=O)[O-])c2)SC1=Nc1ccc(OCC)cc1. The quantitative estimate of drug-likeness (QED) is 0.375. The number of amidine groups is 1. The van der Waals surface area contributed by atoms with Crippen molar-refractivity contribution in [2.24, 2.45) is 4.99 Å². The topological polar surface area (TPSA) is 108 Å². The smallest absolute Gasteiger partial charge is 0.266 e. The molecule has 156 valence electrons. The second-order valence-electron chi connectivity index (χ2n) is 6.37. The number of benzene rings is 2. The van der Waals surface area contributed by atoms with Gasteiger partial charge in [0, 0.05) is 12.6 Å². The maximum atomic E-state index is 12.9. The number of nitro groups is 1. The van der Waals surface area contributed by atoms with Crippen LogP contribution in [-0.2, 0) is 4.79 Å². The Morgan fingerprint density at radius 2 is 1.93 bits per heavy atom. The summed E-state index contributed by atoms with van der Waals surface area (Å²) in [6, 6.07) is 11.0. The zero-order valence-corrected chi connectivity index (χ0v) is 17.3. The van der Waals surface area contributed by atoms with Gasteiger partial charge in [0.2, 0.25) is 0 Å². The molecule has 8 nitrogen and oxygen atoms in total. The van der Waals surface area contributed by atoms with Crippen molar-refractivity contribution in [1.82, 2.24) is 4.90 Å². The Hall–Kier alpha value is -3.33. The highest BCUT2D eigenvalue weighted by molar-refractivity contribution is 8.18. The van der Waals surface area contributed by atoms with Crippen LogP contribution in [0.2, 0.25) is 0 Å². The predicted molar refractivity (Wildman–Crippen MR) is 115 cm³/mol. The van der Waals surface area contributed by atoms with Crippen LogP contribution in [0.3, 0.4) is 0 Å². The first-order valence-corrected chi connectivity index (χ1v) is 10.2. The fourth-order valence-corrected chi connectivity index (χ4v) is 3.85. The van der Waals surface area contributed by atoms with Crippen LogP contribution in [-0.4, -0.2) is 34.0 Å². The Morgan fingerprint density at radius 3 is 2.57 bits per heavy atom. The first-order valence-electron chi connectivity index (χ1n) is 9.41. The lowest BCUT2D eigenvalue weighted by atomic mass is 10.1. The zero-order valence-electron chi connectivity index (χ0n) is 16.5. The molecule has 1 saturated heterocycles. The molecule has 0 spiro atoms. The van der Waals surface area contributed by atoms with Gasteiger partial charge in [0.25, 0.3) is 11.6 Å². The first kappa shape index (κ1) is 21.4. The average Bonchev–Trinajstić information content (AvgIpc) is 3.00. The Morgan fingerprint density at radius 1 is 1.20 bits per heavy atom. The first-order chi connectivity index (χ1) is 14.4. The van der Waals surface area contributed by atoms with E-state index in [0.717, 1.165) is 18.2 Å². The maximum absolute atomic E-state index is 12.9. The number of amides is 1. The third-order valence-electron chi connectivity index (χ3n) is 4.19. The normalized spacial score (nSPS) is 16.5. The lowest BCUT2D eigenvalue weighted by Crippen LogP contribution is -2.29. The summed E-state index contributed by atoms with van der Waals surface area (Å²) in [5, 5.41) is 23.1. The lowest BCUT2D eigenvalue weighted by molar-refractivity contribution is -0.398. The van der Waals surface area contributed by atoms with E-state index in [1.54, 1.807) is 11.0 Å². The lowest BCUT2D eigenvalue weighted by Gasteiger charge is -2.14. The second-order valence-corrected chi connectivity index (χ2v) is 7.38. The predicted octanol–water partition coefficient (Wildman–Crippen LogP) is 4.08. The molecule has 9 heteroatoms. The highest BCUT2D eigenvalue weighted by Gasteiger charge is 2.32. The van der Waals surface area contributed by atoms with Crippen molar-refractivity contribution in [2.75, 3.05) is 13.2 Å². The number of hydrogen-bond donors (Lipinski definition) is 0. The van der Waals surface area contributed by atoms with Gasteiger partial charge < -0.3 is 9.84 Å². The number of carbonyl (C=O) groups is 1. The van der Waals surface area contributed by atoms with Crippen LogP contribution >= 0.6 is 11.8 Å². The van der Waals surface area contributed by atoms with Crippen molar-refractivity contribution in [3.63, 3.8) is 0 Å². The summed E-state index contributed by atoms with van der Waals surface area (Å²) in [5.41, 5.74) is 0.576. The summed E-state index contributed by atoms with van der Waals surface area (Å²) >= 11 is 1.20. The van der Waals surface area contributed by atoms with Gasteiger partial charge in [0.15, 0.2) is 5.17 Å². The van der Waals surface area contributed by atoms with Crippen molar-refractivity contribution < 1.29 is 19.6 Å². The minimum absolute atomic E-state index is 0.222. The Kier molecular flexibility index (Phi) is 6.73. The second kappa shape index (κ2) is 9.45. The largest absolute Gasteiger partial charge is 0.868 e. The summed E-state index contributed by atoms with van der Waals surface area (Å²) in [5.74, 6) is -0.149. The van der Waals surface area contributed by atoms with Gasteiger partial charge in [-0.2, -0.15) is 0 Å². The van der Waals surface area contributed by atoms with E-state index < -0.39 is 16.4 Å². The van der Waals surface area contributed by atoms with Crippen molar-refractivity contribution >= 4 is 40.3 Å². The molecule has 0 saturated carbocycles. The summed E-state index contributed by atoms with van der Waals surface area (Å²) in [6.45, 7) is 4.94. The minimum atomic E-state index is -0.726. The summed E-state index contributed by atoms with van der Waals surface area (Å²) in [6.07, 6.45) is 2.29. The van der Waals surface area contributed by atoms with E-state index in [1.165, 1.54) is 23.9 Å². The molecule has 1 fully saturated rings. The molecule has 30 heavy (non-hydrogen) atoms. The van der Waals surface area contributed by atoms with Crippen molar-refractivity contribution in [3.05, 3.63) is 63.0 Å². The molecule has 0 atom stereocenters. The van der Waals surface area contributed by atoms with Crippen LogP contribution in [0, 0.1) is 10.1 Å².